The van der Waals surface area contributed by atoms with Gasteiger partial charge in [-0.25, -0.2) is 0 Å². The van der Waals surface area contributed by atoms with Crippen molar-refractivity contribution >= 4 is 5.91 Å². The number of pyridine rings is 1. The molecule has 0 aromatic carbocycles. The number of hydrogen-bond donors (Lipinski definition) is 1. The monoisotopic (exact) mass is 259 g/mol. The number of amides is 1. The van der Waals surface area contributed by atoms with E-state index in [-0.39, 0.29) is 12.1 Å². The summed E-state index contributed by atoms with van der Waals surface area (Å²) in [6.07, 6.45) is 9.14. The molecule has 0 radical (unpaired) electrons. The molecule has 2 fully saturated rings. The fourth-order valence-corrected chi connectivity index (χ4v) is 3.23. The van der Waals surface area contributed by atoms with Crippen LogP contribution in [0.15, 0.2) is 24.5 Å². The molecule has 2 aliphatic rings. The molecular formula is C15H21N3O. The minimum Gasteiger partial charge on any atom is -0.334 e. The molecule has 4 heteroatoms. The molecule has 0 saturated carbocycles. The standard InChI is InChI=1S/C15H21N3O/c19-15(13-4-1-2-8-17-13)18-11-3-5-14(18)12-6-9-16-10-7-12/h6-7,9-10,13-14,17H,1-5,8,11H2. The number of nitrogens with zero attached hydrogens (tertiary/aromatic N) is 2. The third kappa shape index (κ3) is 2.63. The number of piperidine rings is 1. The first kappa shape index (κ1) is 12.6. The van der Waals surface area contributed by atoms with Crippen LogP contribution in [0.3, 0.4) is 0 Å². The lowest BCUT2D eigenvalue weighted by Gasteiger charge is -2.31. The van der Waals surface area contributed by atoms with Crippen molar-refractivity contribution in [1.82, 2.24) is 15.2 Å². The van der Waals surface area contributed by atoms with Crippen molar-refractivity contribution in [2.24, 2.45) is 0 Å². The lowest BCUT2D eigenvalue weighted by Crippen LogP contribution is -2.48. The predicted octanol–water partition coefficient (Wildman–Crippen LogP) is 1.89. The van der Waals surface area contributed by atoms with Crippen LogP contribution in [0, 0.1) is 0 Å². The van der Waals surface area contributed by atoms with Crippen LogP contribution >= 0.6 is 0 Å². The van der Waals surface area contributed by atoms with E-state index in [4.69, 9.17) is 0 Å². The molecule has 19 heavy (non-hydrogen) atoms. The Morgan fingerprint density at radius 2 is 2.05 bits per heavy atom. The lowest BCUT2D eigenvalue weighted by atomic mass is 10.0. The van der Waals surface area contributed by atoms with Gasteiger partial charge >= 0.3 is 0 Å². The van der Waals surface area contributed by atoms with Crippen LogP contribution < -0.4 is 5.32 Å². The molecule has 3 heterocycles. The number of carbonyl (C=O) groups excluding carboxylic acids is 1. The summed E-state index contributed by atoms with van der Waals surface area (Å²) in [5.74, 6) is 0.291. The minimum absolute atomic E-state index is 0.0381. The van der Waals surface area contributed by atoms with Gasteiger partial charge in [0.15, 0.2) is 0 Å². The van der Waals surface area contributed by atoms with E-state index in [1.54, 1.807) is 0 Å². The summed E-state index contributed by atoms with van der Waals surface area (Å²) < 4.78 is 0. The number of aromatic nitrogens is 1. The average molecular weight is 259 g/mol. The Kier molecular flexibility index (Phi) is 3.78. The zero-order valence-corrected chi connectivity index (χ0v) is 11.2. The van der Waals surface area contributed by atoms with E-state index < -0.39 is 0 Å². The lowest BCUT2D eigenvalue weighted by molar-refractivity contribution is -0.135. The van der Waals surface area contributed by atoms with Crippen LogP contribution in [0.4, 0.5) is 0 Å². The van der Waals surface area contributed by atoms with Crippen LogP contribution in [0.5, 0.6) is 0 Å². The van der Waals surface area contributed by atoms with Gasteiger partial charge in [-0.2, -0.15) is 0 Å². The van der Waals surface area contributed by atoms with Gasteiger partial charge < -0.3 is 10.2 Å². The molecule has 0 aliphatic carbocycles. The highest BCUT2D eigenvalue weighted by Gasteiger charge is 2.34. The van der Waals surface area contributed by atoms with Gasteiger partial charge in [0.2, 0.25) is 5.91 Å². The molecule has 0 bridgehead atoms. The highest BCUT2D eigenvalue weighted by Crippen LogP contribution is 2.32. The molecule has 102 valence electrons. The van der Waals surface area contributed by atoms with Gasteiger partial charge in [-0.15, -0.1) is 0 Å². The largest absolute Gasteiger partial charge is 0.334 e. The van der Waals surface area contributed by atoms with E-state index >= 15 is 0 Å². The first-order valence-electron chi connectivity index (χ1n) is 7.30. The Morgan fingerprint density at radius 3 is 2.79 bits per heavy atom. The molecule has 1 aromatic rings. The second-order valence-electron chi connectivity index (χ2n) is 5.47. The van der Waals surface area contributed by atoms with E-state index in [9.17, 15) is 4.79 Å². The topological polar surface area (TPSA) is 45.2 Å². The van der Waals surface area contributed by atoms with E-state index in [2.05, 4.69) is 15.2 Å². The first-order valence-corrected chi connectivity index (χ1v) is 7.30. The summed E-state index contributed by atoms with van der Waals surface area (Å²) in [5, 5.41) is 3.36. The van der Waals surface area contributed by atoms with Gasteiger partial charge in [0.25, 0.3) is 0 Å². The number of hydrogen-bond acceptors (Lipinski definition) is 3. The molecule has 4 nitrogen and oxygen atoms in total. The highest BCUT2D eigenvalue weighted by atomic mass is 16.2. The van der Waals surface area contributed by atoms with Crippen molar-refractivity contribution in [3.63, 3.8) is 0 Å². The van der Waals surface area contributed by atoms with Crippen molar-refractivity contribution in [3.05, 3.63) is 30.1 Å². The molecule has 1 amide bonds. The fourth-order valence-electron chi connectivity index (χ4n) is 3.23. The summed E-state index contributed by atoms with van der Waals surface area (Å²) in [6, 6.07) is 4.35. The van der Waals surface area contributed by atoms with Crippen LogP contribution in [0.25, 0.3) is 0 Å². The van der Waals surface area contributed by atoms with Crippen molar-refractivity contribution in [1.29, 1.82) is 0 Å². The molecule has 1 N–H and O–H groups in total. The summed E-state index contributed by atoms with van der Waals surface area (Å²) >= 11 is 0. The number of carbonyl (C=O) groups is 1. The maximum absolute atomic E-state index is 12.6. The first-order chi connectivity index (χ1) is 9.36. The Hall–Kier alpha value is -1.42. The Morgan fingerprint density at radius 1 is 1.21 bits per heavy atom. The van der Waals surface area contributed by atoms with E-state index in [1.807, 2.05) is 24.5 Å². The van der Waals surface area contributed by atoms with Gasteiger partial charge in [0.05, 0.1) is 12.1 Å². The maximum Gasteiger partial charge on any atom is 0.240 e. The summed E-state index contributed by atoms with van der Waals surface area (Å²) in [4.78, 5) is 18.8. The molecule has 2 saturated heterocycles. The zero-order chi connectivity index (χ0) is 13.1. The summed E-state index contributed by atoms with van der Waals surface area (Å²) in [5.41, 5.74) is 1.22. The van der Waals surface area contributed by atoms with Crippen molar-refractivity contribution in [2.45, 2.75) is 44.2 Å². The quantitative estimate of drug-likeness (QED) is 0.882. The fraction of sp³-hybridized carbons (Fsp3) is 0.600. The maximum atomic E-state index is 12.6. The second-order valence-corrected chi connectivity index (χ2v) is 5.47. The van der Waals surface area contributed by atoms with Crippen LogP contribution in [0.2, 0.25) is 0 Å². The molecular weight excluding hydrogens is 238 g/mol. The van der Waals surface area contributed by atoms with E-state index in [1.165, 1.54) is 12.0 Å². The Labute approximate surface area is 114 Å². The van der Waals surface area contributed by atoms with Crippen molar-refractivity contribution in [2.75, 3.05) is 13.1 Å². The average Bonchev–Trinajstić information content (AvgIpc) is 2.98. The molecule has 0 spiro atoms. The highest BCUT2D eigenvalue weighted by molar-refractivity contribution is 5.82. The van der Waals surface area contributed by atoms with Crippen LogP contribution in [-0.4, -0.2) is 34.9 Å². The number of nitrogens with one attached hydrogen (secondary N) is 1. The van der Waals surface area contributed by atoms with E-state index in [0.717, 1.165) is 38.8 Å². The zero-order valence-electron chi connectivity index (χ0n) is 11.2. The van der Waals surface area contributed by atoms with Gasteiger partial charge in [-0.3, -0.25) is 9.78 Å². The predicted molar refractivity (Wildman–Crippen MR) is 73.6 cm³/mol. The van der Waals surface area contributed by atoms with Crippen molar-refractivity contribution in [3.8, 4) is 0 Å². The third-order valence-corrected chi connectivity index (χ3v) is 4.24. The number of rotatable bonds is 2. The third-order valence-electron chi connectivity index (χ3n) is 4.24. The van der Waals surface area contributed by atoms with Gasteiger partial charge in [-0.1, -0.05) is 6.42 Å². The molecule has 2 atom stereocenters. The Bertz CT molecular complexity index is 428. The summed E-state index contributed by atoms with van der Waals surface area (Å²) in [7, 11) is 0. The molecule has 1 aromatic heterocycles. The minimum atomic E-state index is 0.0381. The Balaban J connectivity index is 1.74. The van der Waals surface area contributed by atoms with E-state index in [0.29, 0.717) is 5.91 Å². The molecule has 2 aliphatic heterocycles. The SMILES string of the molecule is O=C(C1CCCCN1)N1CCCC1c1ccncc1. The second kappa shape index (κ2) is 5.70. The van der Waals surface area contributed by atoms with Crippen LogP contribution in [-0.2, 0) is 4.79 Å². The molecule has 2 unspecified atom stereocenters. The van der Waals surface area contributed by atoms with Crippen molar-refractivity contribution < 1.29 is 4.79 Å². The molecule has 3 rings (SSSR count). The van der Waals surface area contributed by atoms with Crippen LogP contribution in [0.1, 0.15) is 43.7 Å². The van der Waals surface area contributed by atoms with Gasteiger partial charge in [0.1, 0.15) is 0 Å². The normalized spacial score (nSPS) is 27.5. The van der Waals surface area contributed by atoms with Gasteiger partial charge in [0, 0.05) is 18.9 Å². The number of likely N-dealkylation sites (tertiary alicyclic amines) is 1. The summed E-state index contributed by atoms with van der Waals surface area (Å²) in [6.45, 7) is 1.87. The smallest absolute Gasteiger partial charge is 0.240 e. The van der Waals surface area contributed by atoms with Gasteiger partial charge in [-0.05, 0) is 49.9 Å².